The largest absolute Gasteiger partial charge is 0.503 e. The molecule has 0 atom stereocenters. The molecule has 0 aliphatic rings. The first-order chi connectivity index (χ1) is 9.33. The molecular weight excluding hydrogens is 280 g/mol. The Morgan fingerprint density at radius 1 is 1.50 bits per heavy atom. The zero-order valence-corrected chi connectivity index (χ0v) is 12.8. The van der Waals surface area contributed by atoms with Gasteiger partial charge in [-0.2, -0.15) is 0 Å². The Morgan fingerprint density at radius 2 is 2.15 bits per heavy atom. The van der Waals surface area contributed by atoms with E-state index in [9.17, 15) is 9.90 Å². The van der Waals surface area contributed by atoms with Crippen LogP contribution in [-0.2, 0) is 11.3 Å². The van der Waals surface area contributed by atoms with Crippen LogP contribution in [0.1, 0.15) is 19.4 Å². The summed E-state index contributed by atoms with van der Waals surface area (Å²) in [7, 11) is 1.46. The summed E-state index contributed by atoms with van der Waals surface area (Å²) in [6, 6.07) is 3.36. The van der Waals surface area contributed by atoms with Crippen molar-refractivity contribution in [2.24, 2.45) is 11.7 Å². The highest BCUT2D eigenvalue weighted by Crippen LogP contribution is 2.35. The fraction of sp³-hybridized carbons (Fsp3) is 0.500. The second kappa shape index (κ2) is 7.36. The molecule has 0 unspecified atom stereocenters. The molecule has 0 heterocycles. The van der Waals surface area contributed by atoms with Crippen LogP contribution in [-0.4, -0.2) is 36.1 Å². The van der Waals surface area contributed by atoms with E-state index in [1.54, 1.807) is 12.1 Å². The number of halogens is 1. The first-order valence-corrected chi connectivity index (χ1v) is 6.77. The third-order valence-corrected chi connectivity index (χ3v) is 3.01. The second-order valence-corrected chi connectivity index (χ2v) is 5.57. The van der Waals surface area contributed by atoms with Gasteiger partial charge in [0.15, 0.2) is 11.5 Å². The average molecular weight is 301 g/mol. The van der Waals surface area contributed by atoms with Gasteiger partial charge in [-0.1, -0.05) is 25.4 Å². The number of aromatic hydroxyl groups is 1. The summed E-state index contributed by atoms with van der Waals surface area (Å²) >= 11 is 5.95. The first-order valence-electron chi connectivity index (χ1n) is 6.39. The molecule has 1 amide bonds. The van der Waals surface area contributed by atoms with Crippen LogP contribution in [0.3, 0.4) is 0 Å². The van der Waals surface area contributed by atoms with E-state index < -0.39 is 0 Å². The highest BCUT2D eigenvalue weighted by Gasteiger charge is 2.14. The molecule has 1 aromatic carbocycles. The second-order valence-electron chi connectivity index (χ2n) is 5.16. The summed E-state index contributed by atoms with van der Waals surface area (Å²) in [5.74, 6) is 0.269. The van der Waals surface area contributed by atoms with Gasteiger partial charge in [-0.15, -0.1) is 0 Å². The molecule has 0 saturated carbocycles. The SMILES string of the molecule is COc1cc(CN(CC(N)=O)CC(C)C)cc(Cl)c1O. The van der Waals surface area contributed by atoms with Crippen LogP contribution in [0, 0.1) is 5.92 Å². The maximum atomic E-state index is 11.1. The van der Waals surface area contributed by atoms with Gasteiger partial charge in [0.2, 0.25) is 5.91 Å². The van der Waals surface area contributed by atoms with E-state index in [1.807, 2.05) is 4.90 Å². The Kier molecular flexibility index (Phi) is 6.10. The fourth-order valence-corrected chi connectivity index (χ4v) is 2.29. The number of phenolic OH excluding ortho intramolecular Hbond substituents is 1. The minimum absolute atomic E-state index is 0.0803. The van der Waals surface area contributed by atoms with Gasteiger partial charge in [-0.05, 0) is 23.6 Å². The van der Waals surface area contributed by atoms with Crippen molar-refractivity contribution in [2.45, 2.75) is 20.4 Å². The molecule has 0 aliphatic carbocycles. The number of rotatable bonds is 7. The Morgan fingerprint density at radius 3 is 2.65 bits per heavy atom. The highest BCUT2D eigenvalue weighted by molar-refractivity contribution is 6.32. The molecule has 0 saturated heterocycles. The quantitative estimate of drug-likeness (QED) is 0.807. The molecule has 1 rings (SSSR count). The third kappa shape index (κ3) is 4.90. The van der Waals surface area contributed by atoms with Crippen molar-refractivity contribution in [2.75, 3.05) is 20.2 Å². The van der Waals surface area contributed by atoms with E-state index in [0.717, 1.165) is 12.1 Å². The topological polar surface area (TPSA) is 75.8 Å². The lowest BCUT2D eigenvalue weighted by Gasteiger charge is -2.23. The average Bonchev–Trinajstić information content (AvgIpc) is 2.31. The molecule has 0 aromatic heterocycles. The number of hydrogen-bond acceptors (Lipinski definition) is 4. The lowest BCUT2D eigenvalue weighted by molar-refractivity contribution is -0.119. The van der Waals surface area contributed by atoms with E-state index in [1.165, 1.54) is 7.11 Å². The Balaban J connectivity index is 2.92. The van der Waals surface area contributed by atoms with E-state index >= 15 is 0 Å². The lowest BCUT2D eigenvalue weighted by atomic mass is 10.1. The summed E-state index contributed by atoms with van der Waals surface area (Å²) < 4.78 is 5.07. The molecule has 0 radical (unpaired) electrons. The van der Waals surface area contributed by atoms with Crippen molar-refractivity contribution in [3.05, 3.63) is 22.7 Å². The van der Waals surface area contributed by atoms with Crippen molar-refractivity contribution >= 4 is 17.5 Å². The molecule has 6 heteroatoms. The molecule has 0 aliphatic heterocycles. The van der Waals surface area contributed by atoms with Crippen molar-refractivity contribution in [1.29, 1.82) is 0 Å². The summed E-state index contributed by atoms with van der Waals surface area (Å²) in [4.78, 5) is 13.1. The van der Waals surface area contributed by atoms with Crippen molar-refractivity contribution in [1.82, 2.24) is 4.90 Å². The lowest BCUT2D eigenvalue weighted by Crippen LogP contribution is -2.35. The normalized spacial score (nSPS) is 11.1. The number of hydrogen-bond donors (Lipinski definition) is 2. The standard InChI is InChI=1S/C14H21ClN2O3/c1-9(2)6-17(8-13(16)18)7-10-4-11(15)14(19)12(5-10)20-3/h4-5,9,19H,6-8H2,1-3H3,(H2,16,18). The number of benzene rings is 1. The van der Waals surface area contributed by atoms with Crippen LogP contribution >= 0.6 is 11.6 Å². The monoisotopic (exact) mass is 300 g/mol. The van der Waals surface area contributed by atoms with Gasteiger partial charge in [0.1, 0.15) is 0 Å². The van der Waals surface area contributed by atoms with Crippen LogP contribution in [0.2, 0.25) is 5.02 Å². The van der Waals surface area contributed by atoms with Gasteiger partial charge < -0.3 is 15.6 Å². The fourth-order valence-electron chi connectivity index (χ4n) is 2.05. The van der Waals surface area contributed by atoms with Crippen molar-refractivity contribution in [3.8, 4) is 11.5 Å². The van der Waals surface area contributed by atoms with Crippen LogP contribution in [0.25, 0.3) is 0 Å². The first kappa shape index (κ1) is 16.6. The van der Waals surface area contributed by atoms with E-state index in [0.29, 0.717) is 18.2 Å². The summed E-state index contributed by atoms with van der Waals surface area (Å²) in [5.41, 5.74) is 6.11. The number of phenols is 1. The Hall–Kier alpha value is -1.46. The smallest absolute Gasteiger partial charge is 0.231 e. The van der Waals surface area contributed by atoms with Gasteiger partial charge >= 0.3 is 0 Å². The molecule has 0 fully saturated rings. The van der Waals surface area contributed by atoms with Gasteiger partial charge in [0.25, 0.3) is 0 Å². The van der Waals surface area contributed by atoms with Gasteiger partial charge in [0, 0.05) is 13.1 Å². The maximum Gasteiger partial charge on any atom is 0.231 e. The van der Waals surface area contributed by atoms with Crippen LogP contribution < -0.4 is 10.5 Å². The molecular formula is C14H21ClN2O3. The predicted octanol–water partition coefficient (Wildman–Crippen LogP) is 2.00. The Bertz CT molecular complexity index is 478. The number of nitrogens with zero attached hydrogens (tertiary/aromatic N) is 1. The van der Waals surface area contributed by atoms with Gasteiger partial charge in [-0.3, -0.25) is 9.69 Å². The molecule has 5 nitrogen and oxygen atoms in total. The molecule has 3 N–H and O–H groups in total. The third-order valence-electron chi connectivity index (χ3n) is 2.72. The maximum absolute atomic E-state index is 11.1. The minimum atomic E-state index is -0.373. The highest BCUT2D eigenvalue weighted by atomic mass is 35.5. The van der Waals surface area contributed by atoms with Gasteiger partial charge in [-0.25, -0.2) is 0 Å². The number of primary amides is 1. The minimum Gasteiger partial charge on any atom is -0.503 e. The van der Waals surface area contributed by atoms with Crippen molar-refractivity contribution in [3.63, 3.8) is 0 Å². The molecule has 112 valence electrons. The van der Waals surface area contributed by atoms with Crippen LogP contribution in [0.4, 0.5) is 0 Å². The number of ether oxygens (including phenoxy) is 1. The number of nitrogens with two attached hydrogens (primary N) is 1. The van der Waals surface area contributed by atoms with E-state index in [-0.39, 0.29) is 23.2 Å². The van der Waals surface area contributed by atoms with E-state index in [4.69, 9.17) is 22.1 Å². The van der Waals surface area contributed by atoms with Gasteiger partial charge in [0.05, 0.1) is 18.7 Å². The molecule has 0 spiro atoms. The number of methoxy groups -OCH3 is 1. The predicted molar refractivity (Wildman–Crippen MR) is 79.0 cm³/mol. The summed E-state index contributed by atoms with van der Waals surface area (Å²) in [5, 5.41) is 9.93. The number of carbonyl (C=O) groups is 1. The zero-order valence-electron chi connectivity index (χ0n) is 12.0. The number of amides is 1. The summed E-state index contributed by atoms with van der Waals surface area (Å²) in [6.07, 6.45) is 0. The van der Waals surface area contributed by atoms with Crippen LogP contribution in [0.5, 0.6) is 11.5 Å². The molecule has 0 bridgehead atoms. The summed E-state index contributed by atoms with van der Waals surface area (Å²) in [6.45, 7) is 5.57. The zero-order chi connectivity index (χ0) is 15.3. The van der Waals surface area contributed by atoms with E-state index in [2.05, 4.69) is 13.8 Å². The Labute approximate surface area is 124 Å². The molecule has 1 aromatic rings. The molecule has 20 heavy (non-hydrogen) atoms. The number of carbonyl (C=O) groups excluding carboxylic acids is 1. The van der Waals surface area contributed by atoms with Crippen LogP contribution in [0.15, 0.2) is 12.1 Å². The van der Waals surface area contributed by atoms with Crippen molar-refractivity contribution < 1.29 is 14.6 Å².